The van der Waals surface area contributed by atoms with Gasteiger partial charge in [0, 0.05) is 38.4 Å². The van der Waals surface area contributed by atoms with Crippen molar-refractivity contribution in [1.29, 1.82) is 0 Å². The maximum absolute atomic E-state index is 5.97. The second kappa shape index (κ2) is 10.2. The summed E-state index contributed by atoms with van der Waals surface area (Å²) in [5, 5.41) is 3.21. The van der Waals surface area contributed by atoms with Gasteiger partial charge in [-0.05, 0) is 32.0 Å². The summed E-state index contributed by atoms with van der Waals surface area (Å²) in [6.07, 6.45) is 1.07. The zero-order valence-electron chi connectivity index (χ0n) is 14.9. The van der Waals surface area contributed by atoms with E-state index in [0.29, 0.717) is 18.5 Å². The zero-order chi connectivity index (χ0) is 17.2. The predicted molar refractivity (Wildman–Crippen MR) is 101 cm³/mol. The third kappa shape index (κ3) is 6.37. The third-order valence-electron chi connectivity index (χ3n) is 4.41. The number of nitrogens with one attached hydrogen (secondary N) is 1. The number of morpholine rings is 1. The van der Waals surface area contributed by atoms with Crippen LogP contribution in [0.2, 0.25) is 0 Å². The molecule has 1 atom stereocenters. The first kappa shape index (κ1) is 18.5. The second-order valence-corrected chi connectivity index (χ2v) is 6.26. The van der Waals surface area contributed by atoms with E-state index in [4.69, 9.17) is 10.5 Å². The Morgan fingerprint density at radius 3 is 2.75 bits per heavy atom. The van der Waals surface area contributed by atoms with Crippen LogP contribution >= 0.6 is 0 Å². The Balaban J connectivity index is 1.63. The van der Waals surface area contributed by atoms with E-state index in [0.717, 1.165) is 45.8 Å². The number of benzene rings is 1. The number of guanidine groups is 1. The lowest BCUT2D eigenvalue weighted by molar-refractivity contribution is 0.0376. The Bertz CT molecular complexity index is 487. The highest BCUT2D eigenvalue weighted by atomic mass is 16.5. The quantitative estimate of drug-likeness (QED) is 0.424. The molecule has 6 nitrogen and oxygen atoms in total. The van der Waals surface area contributed by atoms with Gasteiger partial charge in [-0.3, -0.25) is 9.89 Å². The molecular weight excluding hydrogens is 302 g/mol. The fourth-order valence-corrected chi connectivity index (χ4v) is 2.67. The largest absolute Gasteiger partial charge is 0.379 e. The van der Waals surface area contributed by atoms with Gasteiger partial charge in [0.1, 0.15) is 0 Å². The number of nitrogens with zero attached hydrogens (tertiary/aromatic N) is 3. The summed E-state index contributed by atoms with van der Waals surface area (Å²) in [7, 11) is 2.08. The lowest BCUT2D eigenvalue weighted by atomic mass is 10.2. The second-order valence-electron chi connectivity index (χ2n) is 6.26. The number of hydrogen-bond acceptors (Lipinski definition) is 4. The van der Waals surface area contributed by atoms with Crippen molar-refractivity contribution in [1.82, 2.24) is 10.2 Å². The molecule has 0 amide bonds. The van der Waals surface area contributed by atoms with Crippen LogP contribution < -0.4 is 16.0 Å². The molecule has 0 bridgehead atoms. The molecule has 1 unspecified atom stereocenters. The lowest BCUT2D eigenvalue weighted by Gasteiger charge is -2.26. The molecule has 0 saturated carbocycles. The first-order chi connectivity index (χ1) is 11.7. The fourth-order valence-electron chi connectivity index (χ4n) is 2.67. The van der Waals surface area contributed by atoms with Crippen LogP contribution in [-0.2, 0) is 4.74 Å². The molecule has 1 saturated heterocycles. The standard InChI is InChI=1S/C18H31N5O/c1-16(22(2)17-7-4-3-5-8-17)15-21-18(19)20-9-6-10-23-11-13-24-14-12-23/h3-5,7-8,16H,6,9-15H2,1-2H3,(H3,19,20,21). The molecule has 134 valence electrons. The normalized spacial score (nSPS) is 17.5. The molecule has 0 aromatic heterocycles. The number of ether oxygens (including phenoxy) is 1. The minimum absolute atomic E-state index is 0.293. The lowest BCUT2D eigenvalue weighted by Crippen LogP contribution is -2.39. The van der Waals surface area contributed by atoms with Gasteiger partial charge in [0.05, 0.1) is 19.8 Å². The van der Waals surface area contributed by atoms with Crippen LogP contribution in [0, 0.1) is 0 Å². The first-order valence-corrected chi connectivity index (χ1v) is 8.78. The monoisotopic (exact) mass is 333 g/mol. The topological polar surface area (TPSA) is 66.1 Å². The van der Waals surface area contributed by atoms with E-state index in [-0.39, 0.29) is 0 Å². The summed E-state index contributed by atoms with van der Waals surface area (Å²) in [6, 6.07) is 10.6. The SMILES string of the molecule is CC(CN=C(N)NCCCN1CCOCC1)N(C)c1ccccc1. The van der Waals surface area contributed by atoms with Gasteiger partial charge in [-0.25, -0.2) is 0 Å². The Morgan fingerprint density at radius 1 is 1.33 bits per heavy atom. The summed E-state index contributed by atoms with van der Waals surface area (Å²) in [4.78, 5) is 9.11. The minimum atomic E-state index is 0.293. The molecule has 1 aromatic carbocycles. The van der Waals surface area contributed by atoms with E-state index in [1.807, 2.05) is 18.2 Å². The van der Waals surface area contributed by atoms with Gasteiger partial charge in [0.15, 0.2) is 5.96 Å². The summed E-state index contributed by atoms with van der Waals surface area (Å²) in [6.45, 7) is 8.54. The number of likely N-dealkylation sites (N-methyl/N-ethyl adjacent to an activating group) is 1. The highest BCUT2D eigenvalue weighted by Crippen LogP contribution is 2.13. The van der Waals surface area contributed by atoms with Crippen LogP contribution in [0.5, 0.6) is 0 Å². The molecule has 1 aliphatic rings. The zero-order valence-corrected chi connectivity index (χ0v) is 14.9. The van der Waals surface area contributed by atoms with Crippen LogP contribution in [0.4, 0.5) is 5.69 Å². The van der Waals surface area contributed by atoms with Crippen LogP contribution in [-0.4, -0.2) is 69.9 Å². The Hall–Kier alpha value is -1.79. The summed E-state index contributed by atoms with van der Waals surface area (Å²) >= 11 is 0. The van der Waals surface area contributed by atoms with Gasteiger partial charge >= 0.3 is 0 Å². The predicted octanol–water partition coefficient (Wildman–Crippen LogP) is 1.14. The van der Waals surface area contributed by atoms with Crippen molar-refractivity contribution in [2.45, 2.75) is 19.4 Å². The Labute approximate surface area is 145 Å². The van der Waals surface area contributed by atoms with Crippen molar-refractivity contribution in [3.05, 3.63) is 30.3 Å². The molecule has 24 heavy (non-hydrogen) atoms. The number of aliphatic imine (C=N–C) groups is 1. The minimum Gasteiger partial charge on any atom is -0.379 e. The van der Waals surface area contributed by atoms with E-state index in [1.165, 1.54) is 5.69 Å². The number of para-hydroxylation sites is 1. The average molecular weight is 333 g/mol. The van der Waals surface area contributed by atoms with E-state index in [9.17, 15) is 0 Å². The van der Waals surface area contributed by atoms with Gasteiger partial charge in [-0.2, -0.15) is 0 Å². The smallest absolute Gasteiger partial charge is 0.188 e. The van der Waals surface area contributed by atoms with Gasteiger partial charge in [0.25, 0.3) is 0 Å². The van der Waals surface area contributed by atoms with E-state index in [1.54, 1.807) is 0 Å². The molecule has 0 radical (unpaired) electrons. The average Bonchev–Trinajstić information content (AvgIpc) is 2.64. The van der Waals surface area contributed by atoms with Crippen molar-refractivity contribution >= 4 is 11.6 Å². The molecule has 1 heterocycles. The van der Waals surface area contributed by atoms with Crippen molar-refractivity contribution in [3.63, 3.8) is 0 Å². The summed E-state index contributed by atoms with van der Waals surface area (Å²) in [5.74, 6) is 0.533. The maximum Gasteiger partial charge on any atom is 0.188 e. The van der Waals surface area contributed by atoms with E-state index in [2.05, 4.69) is 46.2 Å². The van der Waals surface area contributed by atoms with E-state index < -0.39 is 0 Å². The molecule has 1 fully saturated rings. The fraction of sp³-hybridized carbons (Fsp3) is 0.611. The Morgan fingerprint density at radius 2 is 2.04 bits per heavy atom. The molecule has 6 heteroatoms. The molecule has 1 aromatic rings. The van der Waals surface area contributed by atoms with Crippen molar-refractivity contribution in [2.24, 2.45) is 10.7 Å². The molecule has 1 aliphatic heterocycles. The molecule has 0 spiro atoms. The molecule has 3 N–H and O–H groups in total. The van der Waals surface area contributed by atoms with E-state index >= 15 is 0 Å². The maximum atomic E-state index is 5.97. The van der Waals surface area contributed by atoms with Crippen LogP contribution in [0.1, 0.15) is 13.3 Å². The summed E-state index contributed by atoms with van der Waals surface area (Å²) < 4.78 is 5.35. The van der Waals surface area contributed by atoms with Crippen molar-refractivity contribution in [2.75, 3.05) is 57.9 Å². The number of nitrogens with two attached hydrogens (primary N) is 1. The number of hydrogen-bond donors (Lipinski definition) is 2. The molecule has 2 rings (SSSR count). The van der Waals surface area contributed by atoms with Gasteiger partial charge in [-0.1, -0.05) is 18.2 Å². The van der Waals surface area contributed by atoms with Gasteiger partial charge in [0.2, 0.25) is 0 Å². The van der Waals surface area contributed by atoms with Crippen molar-refractivity contribution in [3.8, 4) is 0 Å². The van der Waals surface area contributed by atoms with Crippen LogP contribution in [0.3, 0.4) is 0 Å². The van der Waals surface area contributed by atoms with Crippen LogP contribution in [0.15, 0.2) is 35.3 Å². The number of anilines is 1. The van der Waals surface area contributed by atoms with Crippen LogP contribution in [0.25, 0.3) is 0 Å². The first-order valence-electron chi connectivity index (χ1n) is 8.78. The number of rotatable bonds is 8. The van der Waals surface area contributed by atoms with Crippen molar-refractivity contribution < 1.29 is 4.74 Å². The molecule has 0 aliphatic carbocycles. The van der Waals surface area contributed by atoms with Gasteiger partial charge < -0.3 is 20.7 Å². The highest BCUT2D eigenvalue weighted by Gasteiger charge is 2.10. The highest BCUT2D eigenvalue weighted by molar-refractivity contribution is 5.77. The van der Waals surface area contributed by atoms with Gasteiger partial charge in [-0.15, -0.1) is 0 Å². The Kier molecular flexibility index (Phi) is 7.85. The third-order valence-corrected chi connectivity index (χ3v) is 4.41. The molecular formula is C18H31N5O. The summed E-state index contributed by atoms with van der Waals surface area (Å²) in [5.41, 5.74) is 7.16.